The maximum atomic E-state index is 13.1. The number of carbonyl (C=O) groups is 2. The van der Waals surface area contributed by atoms with Gasteiger partial charge in [0.05, 0.1) is 18.1 Å². The van der Waals surface area contributed by atoms with Crippen molar-refractivity contribution in [1.29, 1.82) is 5.26 Å². The van der Waals surface area contributed by atoms with Crippen LogP contribution in [0.5, 0.6) is 0 Å². The van der Waals surface area contributed by atoms with Crippen molar-refractivity contribution in [2.45, 2.75) is 32.6 Å². The SMILES string of the molecule is Cc1c(C=C2SC(=S)N(CCCCCC(=O)O)C2=O)c(N2CCOCC2)n(C)c(=O)c1C#N. The number of carbonyl (C=O) groups excluding carboxylic acids is 1. The van der Waals surface area contributed by atoms with E-state index in [2.05, 4.69) is 0 Å². The first kappa shape index (κ1) is 25.0. The van der Waals surface area contributed by atoms with Gasteiger partial charge in [-0.25, -0.2) is 0 Å². The van der Waals surface area contributed by atoms with E-state index < -0.39 is 5.97 Å². The third-order valence-corrected chi connectivity index (χ3v) is 7.08. The molecule has 2 fully saturated rings. The Morgan fingerprint density at radius 1 is 1.27 bits per heavy atom. The van der Waals surface area contributed by atoms with Gasteiger partial charge in [-0.1, -0.05) is 30.4 Å². The zero-order chi connectivity index (χ0) is 24.1. The highest BCUT2D eigenvalue weighted by atomic mass is 32.2. The predicted molar refractivity (Wildman–Crippen MR) is 130 cm³/mol. The van der Waals surface area contributed by atoms with E-state index in [1.165, 1.54) is 21.2 Å². The van der Waals surface area contributed by atoms with E-state index in [1.807, 2.05) is 11.0 Å². The molecule has 0 bridgehead atoms. The molecule has 1 aromatic heterocycles. The third-order valence-electron chi connectivity index (χ3n) is 5.70. The van der Waals surface area contributed by atoms with E-state index in [0.717, 1.165) is 0 Å². The van der Waals surface area contributed by atoms with Crippen LogP contribution in [0.1, 0.15) is 42.4 Å². The molecule has 0 atom stereocenters. The minimum absolute atomic E-state index is 0.0506. The standard InChI is InChI=1S/C22H26N4O5S2/c1-14-15(19(25-8-10-31-11-9-25)24(2)20(29)16(14)13-23)12-17-21(30)26(22(32)33-17)7-5-3-4-6-18(27)28/h12H,3-11H2,1-2H3,(H,27,28). The lowest BCUT2D eigenvalue weighted by Crippen LogP contribution is -2.40. The molecule has 0 aliphatic carbocycles. The van der Waals surface area contributed by atoms with Crippen LogP contribution in [0.15, 0.2) is 9.70 Å². The van der Waals surface area contributed by atoms with Crippen LogP contribution < -0.4 is 10.5 Å². The maximum absolute atomic E-state index is 13.1. The zero-order valence-corrected chi connectivity index (χ0v) is 20.3. The Hall–Kier alpha value is -2.68. The highest BCUT2D eigenvalue weighted by Gasteiger charge is 2.33. The highest BCUT2D eigenvalue weighted by Crippen LogP contribution is 2.36. The first-order valence-corrected chi connectivity index (χ1v) is 11.9. The Morgan fingerprint density at radius 3 is 2.61 bits per heavy atom. The van der Waals surface area contributed by atoms with Crippen LogP contribution in [0.4, 0.5) is 5.82 Å². The number of unbranched alkanes of at least 4 members (excludes halogenated alkanes) is 2. The molecule has 0 spiro atoms. The molecule has 2 saturated heterocycles. The fraction of sp³-hybridized carbons (Fsp3) is 0.500. The number of nitrogens with zero attached hydrogens (tertiary/aromatic N) is 4. The first-order chi connectivity index (χ1) is 15.8. The number of morpholine rings is 1. The number of pyridine rings is 1. The van der Waals surface area contributed by atoms with Crippen LogP contribution in [0.3, 0.4) is 0 Å². The average Bonchev–Trinajstić information content (AvgIpc) is 3.05. The van der Waals surface area contributed by atoms with Gasteiger partial charge < -0.3 is 14.7 Å². The molecular formula is C22H26N4O5S2. The number of nitriles is 1. The van der Waals surface area contributed by atoms with Gasteiger partial charge in [0, 0.05) is 38.7 Å². The number of aliphatic carboxylic acids is 1. The van der Waals surface area contributed by atoms with Crippen LogP contribution in [0.25, 0.3) is 6.08 Å². The minimum atomic E-state index is -0.830. The van der Waals surface area contributed by atoms with Gasteiger partial charge in [-0.2, -0.15) is 5.26 Å². The molecule has 1 amide bonds. The van der Waals surface area contributed by atoms with Crippen LogP contribution in [0.2, 0.25) is 0 Å². The summed E-state index contributed by atoms with van der Waals surface area (Å²) in [5.74, 6) is -0.398. The quantitative estimate of drug-likeness (QED) is 0.333. The summed E-state index contributed by atoms with van der Waals surface area (Å²) < 4.78 is 7.35. The van der Waals surface area contributed by atoms with Crippen LogP contribution in [-0.4, -0.2) is 63.6 Å². The molecular weight excluding hydrogens is 464 g/mol. The fourth-order valence-corrected chi connectivity index (χ4v) is 5.21. The molecule has 1 N–H and O–H groups in total. The van der Waals surface area contributed by atoms with Crippen LogP contribution >= 0.6 is 24.0 Å². The molecule has 2 aliphatic rings. The molecule has 3 rings (SSSR count). The van der Waals surface area contributed by atoms with E-state index >= 15 is 0 Å². The van der Waals surface area contributed by atoms with Gasteiger partial charge in [0.2, 0.25) is 0 Å². The molecule has 0 unspecified atom stereocenters. The number of ether oxygens (including phenoxy) is 1. The minimum Gasteiger partial charge on any atom is -0.481 e. The van der Waals surface area contributed by atoms with Crippen molar-refractivity contribution in [2.24, 2.45) is 7.05 Å². The Labute approximate surface area is 201 Å². The van der Waals surface area contributed by atoms with Gasteiger partial charge in [-0.05, 0) is 31.4 Å². The van der Waals surface area contributed by atoms with E-state index in [4.69, 9.17) is 22.1 Å². The zero-order valence-electron chi connectivity index (χ0n) is 18.6. The van der Waals surface area contributed by atoms with E-state index in [0.29, 0.717) is 78.3 Å². The molecule has 33 heavy (non-hydrogen) atoms. The van der Waals surface area contributed by atoms with Crippen molar-refractivity contribution >= 4 is 52.1 Å². The molecule has 9 nitrogen and oxygen atoms in total. The molecule has 2 aliphatic heterocycles. The normalized spacial score (nSPS) is 17.7. The number of carboxylic acids is 1. The monoisotopic (exact) mass is 490 g/mol. The van der Waals surface area contributed by atoms with Crippen LogP contribution in [-0.2, 0) is 21.4 Å². The second-order valence-corrected chi connectivity index (χ2v) is 9.53. The molecule has 3 heterocycles. The number of thioether (sulfide) groups is 1. The number of anilines is 1. The van der Waals surface area contributed by atoms with Crippen molar-refractivity contribution in [3.8, 4) is 6.07 Å². The van der Waals surface area contributed by atoms with Crippen molar-refractivity contribution in [1.82, 2.24) is 9.47 Å². The maximum Gasteiger partial charge on any atom is 0.303 e. The highest BCUT2D eigenvalue weighted by molar-refractivity contribution is 8.26. The number of carboxylic acid groups (broad SMARTS) is 1. The van der Waals surface area contributed by atoms with Gasteiger partial charge in [0.25, 0.3) is 11.5 Å². The summed E-state index contributed by atoms with van der Waals surface area (Å²) in [6.45, 7) is 4.38. The summed E-state index contributed by atoms with van der Waals surface area (Å²) in [5, 5.41) is 18.3. The Kier molecular flexibility index (Phi) is 8.29. The van der Waals surface area contributed by atoms with Crippen molar-refractivity contribution in [2.75, 3.05) is 37.7 Å². The van der Waals surface area contributed by atoms with Gasteiger partial charge >= 0.3 is 5.97 Å². The van der Waals surface area contributed by atoms with E-state index in [1.54, 1.807) is 20.0 Å². The lowest BCUT2D eigenvalue weighted by molar-refractivity contribution is -0.137. The number of hydrogen-bond acceptors (Lipinski definition) is 8. The Morgan fingerprint density at radius 2 is 1.97 bits per heavy atom. The summed E-state index contributed by atoms with van der Waals surface area (Å²) in [4.78, 5) is 40.5. The number of thiocarbonyl (C=S) groups is 1. The molecule has 11 heteroatoms. The van der Waals surface area contributed by atoms with Crippen LogP contribution in [0, 0.1) is 18.3 Å². The predicted octanol–water partition coefficient (Wildman–Crippen LogP) is 2.25. The van der Waals surface area contributed by atoms with E-state index in [-0.39, 0.29) is 23.5 Å². The lowest BCUT2D eigenvalue weighted by atomic mass is 10.0. The topological polar surface area (TPSA) is 116 Å². The van der Waals surface area contributed by atoms with Crippen molar-refractivity contribution in [3.05, 3.63) is 31.9 Å². The van der Waals surface area contributed by atoms with Gasteiger partial charge in [-0.3, -0.25) is 23.9 Å². The Balaban J connectivity index is 1.92. The summed E-state index contributed by atoms with van der Waals surface area (Å²) in [5.41, 5.74) is 0.857. The third kappa shape index (κ3) is 5.46. The number of amides is 1. The lowest BCUT2D eigenvalue weighted by Gasteiger charge is -2.32. The molecule has 0 radical (unpaired) electrons. The first-order valence-electron chi connectivity index (χ1n) is 10.7. The summed E-state index contributed by atoms with van der Waals surface area (Å²) in [6.07, 6.45) is 3.73. The summed E-state index contributed by atoms with van der Waals surface area (Å²) in [6, 6.07) is 2.00. The molecule has 176 valence electrons. The molecule has 0 aromatic carbocycles. The fourth-order valence-electron chi connectivity index (χ4n) is 3.92. The van der Waals surface area contributed by atoms with Crippen molar-refractivity contribution < 1.29 is 19.4 Å². The van der Waals surface area contributed by atoms with Crippen molar-refractivity contribution in [3.63, 3.8) is 0 Å². The van der Waals surface area contributed by atoms with Gasteiger partial charge in [0.15, 0.2) is 0 Å². The largest absolute Gasteiger partial charge is 0.481 e. The molecule has 0 saturated carbocycles. The second kappa shape index (κ2) is 11.0. The Bertz CT molecular complexity index is 1100. The second-order valence-electron chi connectivity index (χ2n) is 7.85. The van der Waals surface area contributed by atoms with E-state index in [9.17, 15) is 19.6 Å². The summed E-state index contributed by atoms with van der Waals surface area (Å²) in [7, 11) is 1.63. The summed E-state index contributed by atoms with van der Waals surface area (Å²) >= 11 is 6.61. The number of rotatable bonds is 8. The average molecular weight is 491 g/mol. The van der Waals surface area contributed by atoms with Gasteiger partial charge in [0.1, 0.15) is 21.8 Å². The molecule has 1 aromatic rings. The smallest absolute Gasteiger partial charge is 0.303 e. The number of aromatic nitrogens is 1. The number of hydrogen-bond donors (Lipinski definition) is 1. The van der Waals surface area contributed by atoms with Gasteiger partial charge in [-0.15, -0.1) is 0 Å².